The average molecular weight is 229 g/mol. The van der Waals surface area contributed by atoms with E-state index in [0.29, 0.717) is 21.9 Å². The largest absolute Gasteiger partial charge is 0.504 e. The molecule has 15 heavy (non-hydrogen) atoms. The van der Waals surface area contributed by atoms with Crippen molar-refractivity contribution in [3.8, 4) is 11.5 Å². The maximum absolute atomic E-state index is 11.0. The molecule has 3 nitrogen and oxygen atoms in total. The Balaban J connectivity index is 3.30. The fourth-order valence-electron chi connectivity index (χ4n) is 1.41. The van der Waals surface area contributed by atoms with E-state index < -0.39 is 0 Å². The number of phenols is 1. The second-order valence-corrected chi connectivity index (χ2v) is 3.81. The van der Waals surface area contributed by atoms with Crippen molar-refractivity contribution in [1.82, 2.24) is 0 Å². The molecule has 0 heterocycles. The molecule has 0 amide bonds. The maximum Gasteiger partial charge on any atom is 0.165 e. The van der Waals surface area contributed by atoms with Gasteiger partial charge in [0.15, 0.2) is 11.5 Å². The zero-order valence-corrected chi connectivity index (χ0v) is 9.68. The summed E-state index contributed by atoms with van der Waals surface area (Å²) < 4.78 is 5.03. The number of carbonyl (C=O) groups excluding carboxylic acids is 1. The first kappa shape index (κ1) is 11.9. The highest BCUT2D eigenvalue weighted by Crippen LogP contribution is 2.38. The van der Waals surface area contributed by atoms with Gasteiger partial charge in [0.2, 0.25) is 0 Å². The molecule has 1 rings (SSSR count). The summed E-state index contributed by atoms with van der Waals surface area (Å²) in [6, 6.07) is 1.59. The number of hydrogen-bond acceptors (Lipinski definition) is 3. The lowest BCUT2D eigenvalue weighted by Gasteiger charge is -2.12. The second kappa shape index (κ2) is 4.53. The first-order chi connectivity index (χ1) is 6.97. The summed E-state index contributed by atoms with van der Waals surface area (Å²) in [7, 11) is 1.45. The van der Waals surface area contributed by atoms with Crippen LogP contribution in [-0.2, 0) is 11.2 Å². The van der Waals surface area contributed by atoms with Crippen LogP contribution in [0, 0.1) is 6.92 Å². The maximum atomic E-state index is 11.0. The molecule has 0 aliphatic heterocycles. The first-order valence-electron chi connectivity index (χ1n) is 4.51. The number of hydrogen-bond donors (Lipinski definition) is 1. The lowest BCUT2D eigenvalue weighted by Crippen LogP contribution is -1.99. The minimum atomic E-state index is -0.0349. The normalized spacial score (nSPS) is 10.1. The molecule has 0 unspecified atom stereocenters. The number of ether oxygens (including phenoxy) is 1. The van der Waals surface area contributed by atoms with Crippen molar-refractivity contribution >= 4 is 17.4 Å². The third-order valence-electron chi connectivity index (χ3n) is 2.16. The molecule has 0 spiro atoms. The lowest BCUT2D eigenvalue weighted by molar-refractivity contribution is -0.116. The molecule has 0 aliphatic carbocycles. The molecular formula is C11H13ClO3. The van der Waals surface area contributed by atoms with Crippen LogP contribution in [0.3, 0.4) is 0 Å². The van der Waals surface area contributed by atoms with Gasteiger partial charge in [-0.25, -0.2) is 0 Å². The summed E-state index contributed by atoms with van der Waals surface area (Å²) in [5, 5.41) is 10.3. The Kier molecular flexibility index (Phi) is 3.58. The predicted octanol–water partition coefficient (Wildman–Crippen LogP) is 2.49. The molecule has 0 atom stereocenters. The van der Waals surface area contributed by atoms with Gasteiger partial charge in [-0.15, -0.1) is 0 Å². The second-order valence-electron chi connectivity index (χ2n) is 3.40. The highest BCUT2D eigenvalue weighted by atomic mass is 35.5. The number of halogens is 1. The van der Waals surface area contributed by atoms with E-state index in [1.54, 1.807) is 13.0 Å². The summed E-state index contributed by atoms with van der Waals surface area (Å²) in [5.41, 5.74) is 1.17. The van der Waals surface area contributed by atoms with Gasteiger partial charge >= 0.3 is 0 Å². The number of ketones is 1. The molecule has 82 valence electrons. The third kappa shape index (κ3) is 2.42. The highest BCUT2D eigenvalue weighted by Gasteiger charge is 2.15. The molecule has 0 saturated carbocycles. The van der Waals surface area contributed by atoms with Crippen LogP contribution in [0.4, 0.5) is 0 Å². The van der Waals surface area contributed by atoms with E-state index in [-0.39, 0.29) is 18.0 Å². The van der Waals surface area contributed by atoms with Gasteiger partial charge in [-0.05, 0) is 19.9 Å². The van der Waals surface area contributed by atoms with Gasteiger partial charge in [0.25, 0.3) is 0 Å². The van der Waals surface area contributed by atoms with Crippen molar-refractivity contribution in [2.45, 2.75) is 20.3 Å². The molecule has 0 aliphatic rings. The number of rotatable bonds is 3. The summed E-state index contributed by atoms with van der Waals surface area (Å²) >= 11 is 5.95. The van der Waals surface area contributed by atoms with Crippen molar-refractivity contribution in [1.29, 1.82) is 0 Å². The van der Waals surface area contributed by atoms with Crippen LogP contribution < -0.4 is 4.74 Å². The van der Waals surface area contributed by atoms with E-state index in [4.69, 9.17) is 16.3 Å². The molecule has 0 fully saturated rings. The Bertz CT molecular complexity index is 399. The van der Waals surface area contributed by atoms with Crippen LogP contribution in [0.15, 0.2) is 6.07 Å². The van der Waals surface area contributed by atoms with Crippen molar-refractivity contribution < 1.29 is 14.6 Å². The van der Waals surface area contributed by atoms with Gasteiger partial charge in [-0.3, -0.25) is 4.79 Å². The van der Waals surface area contributed by atoms with E-state index in [9.17, 15) is 9.90 Å². The Morgan fingerprint density at radius 1 is 1.60 bits per heavy atom. The molecule has 0 aromatic heterocycles. The summed E-state index contributed by atoms with van der Waals surface area (Å²) in [5.74, 6) is 0.292. The summed E-state index contributed by atoms with van der Waals surface area (Å²) in [6.07, 6.45) is 0.155. The van der Waals surface area contributed by atoms with Crippen LogP contribution in [0.1, 0.15) is 18.1 Å². The molecular weight excluding hydrogens is 216 g/mol. The lowest BCUT2D eigenvalue weighted by atomic mass is 10.0. The van der Waals surface area contributed by atoms with Crippen LogP contribution in [0.5, 0.6) is 11.5 Å². The molecule has 0 saturated heterocycles. The van der Waals surface area contributed by atoms with Gasteiger partial charge in [0.05, 0.1) is 7.11 Å². The molecule has 1 N–H and O–H groups in total. The minimum absolute atomic E-state index is 0.00500. The third-order valence-corrected chi connectivity index (χ3v) is 2.56. The number of carbonyl (C=O) groups is 1. The number of methoxy groups -OCH3 is 1. The molecule has 4 heteroatoms. The standard InChI is InChI=1S/C11H13ClO3/c1-6(13)4-8-5-9(12)7(2)11(15-3)10(8)14/h5,14H,4H2,1-3H3. The topological polar surface area (TPSA) is 46.5 Å². The SMILES string of the molecule is COc1c(C)c(Cl)cc(CC(C)=O)c1O. The minimum Gasteiger partial charge on any atom is -0.504 e. The van der Waals surface area contributed by atoms with Crippen molar-refractivity contribution in [2.24, 2.45) is 0 Å². The van der Waals surface area contributed by atoms with Crippen LogP contribution in [-0.4, -0.2) is 18.0 Å². The summed E-state index contributed by atoms with van der Waals surface area (Å²) in [4.78, 5) is 11.0. The van der Waals surface area contributed by atoms with E-state index in [2.05, 4.69) is 0 Å². The van der Waals surface area contributed by atoms with E-state index >= 15 is 0 Å². The number of Topliss-reactive ketones (excluding diaryl/α,β-unsaturated/α-hetero) is 1. The Morgan fingerprint density at radius 2 is 2.20 bits per heavy atom. The fraction of sp³-hybridized carbons (Fsp3) is 0.364. The number of phenolic OH excluding ortho intramolecular Hbond substituents is 1. The van der Waals surface area contributed by atoms with Gasteiger partial charge in [0, 0.05) is 22.6 Å². The fourth-order valence-corrected chi connectivity index (χ4v) is 1.63. The van der Waals surface area contributed by atoms with E-state index in [1.165, 1.54) is 14.0 Å². The molecule has 0 bridgehead atoms. The Hall–Kier alpha value is -1.22. The number of aromatic hydroxyl groups is 1. The zero-order chi connectivity index (χ0) is 11.6. The predicted molar refractivity (Wildman–Crippen MR) is 58.8 cm³/mol. The van der Waals surface area contributed by atoms with Crippen molar-refractivity contribution in [2.75, 3.05) is 7.11 Å². The van der Waals surface area contributed by atoms with Gasteiger partial charge < -0.3 is 9.84 Å². The first-order valence-corrected chi connectivity index (χ1v) is 4.89. The number of benzene rings is 1. The van der Waals surface area contributed by atoms with E-state index in [1.807, 2.05) is 0 Å². The quantitative estimate of drug-likeness (QED) is 0.865. The highest BCUT2D eigenvalue weighted by molar-refractivity contribution is 6.31. The molecule has 1 aromatic carbocycles. The smallest absolute Gasteiger partial charge is 0.165 e. The Morgan fingerprint density at radius 3 is 2.67 bits per heavy atom. The van der Waals surface area contributed by atoms with Gasteiger partial charge in [-0.1, -0.05) is 11.6 Å². The monoisotopic (exact) mass is 228 g/mol. The van der Waals surface area contributed by atoms with Crippen LogP contribution in [0.25, 0.3) is 0 Å². The van der Waals surface area contributed by atoms with Crippen LogP contribution in [0.2, 0.25) is 5.02 Å². The average Bonchev–Trinajstić information content (AvgIpc) is 2.14. The van der Waals surface area contributed by atoms with Crippen molar-refractivity contribution in [3.05, 3.63) is 22.2 Å². The molecule has 0 radical (unpaired) electrons. The van der Waals surface area contributed by atoms with Gasteiger partial charge in [-0.2, -0.15) is 0 Å². The zero-order valence-electron chi connectivity index (χ0n) is 8.93. The Labute approximate surface area is 93.6 Å². The summed E-state index contributed by atoms with van der Waals surface area (Å²) in [6.45, 7) is 3.21. The van der Waals surface area contributed by atoms with Crippen molar-refractivity contribution in [3.63, 3.8) is 0 Å². The van der Waals surface area contributed by atoms with E-state index in [0.717, 1.165) is 0 Å². The molecule has 1 aromatic rings. The van der Waals surface area contributed by atoms with Crippen LogP contribution >= 0.6 is 11.6 Å². The van der Waals surface area contributed by atoms with Gasteiger partial charge in [0.1, 0.15) is 5.78 Å².